The lowest BCUT2D eigenvalue weighted by Gasteiger charge is -2.29. The Hall–Kier alpha value is -1.29. The van der Waals surface area contributed by atoms with Gasteiger partial charge in [0.25, 0.3) is 5.91 Å². The second-order valence-electron chi connectivity index (χ2n) is 6.26. The van der Waals surface area contributed by atoms with Gasteiger partial charge in [-0.05, 0) is 37.8 Å². The summed E-state index contributed by atoms with van der Waals surface area (Å²) in [5, 5.41) is 3.20. The van der Waals surface area contributed by atoms with Crippen molar-refractivity contribution in [3.05, 3.63) is 23.7 Å². The summed E-state index contributed by atoms with van der Waals surface area (Å²) >= 11 is 0. The van der Waals surface area contributed by atoms with Crippen LogP contribution in [0.2, 0.25) is 0 Å². The predicted molar refractivity (Wildman–Crippen MR) is 78.5 cm³/mol. The van der Waals surface area contributed by atoms with Crippen LogP contribution in [-0.4, -0.2) is 25.5 Å². The molecular formula is C16H27N2O2+. The van der Waals surface area contributed by atoms with Crippen LogP contribution >= 0.6 is 0 Å². The number of amides is 1. The molecule has 1 unspecified atom stereocenters. The molecule has 0 aromatic carbocycles. The van der Waals surface area contributed by atoms with Crippen molar-refractivity contribution in [3.8, 4) is 0 Å². The highest BCUT2D eigenvalue weighted by molar-refractivity contribution is 5.77. The van der Waals surface area contributed by atoms with Gasteiger partial charge in [0.05, 0.1) is 7.05 Å². The Morgan fingerprint density at radius 2 is 2.15 bits per heavy atom. The van der Waals surface area contributed by atoms with E-state index in [0.29, 0.717) is 18.5 Å². The number of carbonyl (C=O) groups excluding carboxylic acids is 1. The predicted octanol–water partition coefficient (Wildman–Crippen LogP) is 1.30. The summed E-state index contributed by atoms with van der Waals surface area (Å²) < 4.78 is 5.55. The fourth-order valence-corrected chi connectivity index (χ4v) is 3.00. The van der Waals surface area contributed by atoms with Crippen molar-refractivity contribution in [3.63, 3.8) is 0 Å². The molecule has 1 aromatic heterocycles. The summed E-state index contributed by atoms with van der Waals surface area (Å²) in [6, 6.07) is 4.32. The van der Waals surface area contributed by atoms with E-state index in [-0.39, 0.29) is 5.91 Å². The smallest absolute Gasteiger partial charge is 0.275 e. The molecule has 1 aliphatic carbocycles. The molecule has 0 saturated heterocycles. The third-order valence-corrected chi connectivity index (χ3v) is 4.19. The van der Waals surface area contributed by atoms with Gasteiger partial charge < -0.3 is 14.6 Å². The number of likely N-dealkylation sites (N-methyl/N-ethyl adjacent to an activating group) is 1. The van der Waals surface area contributed by atoms with Gasteiger partial charge in [-0.2, -0.15) is 0 Å². The van der Waals surface area contributed by atoms with E-state index < -0.39 is 0 Å². The average molecular weight is 279 g/mol. The number of aryl methyl sites for hydroxylation is 1. The van der Waals surface area contributed by atoms with Crippen molar-refractivity contribution >= 4 is 5.91 Å². The summed E-state index contributed by atoms with van der Waals surface area (Å²) in [6.45, 7) is 5.44. The highest BCUT2D eigenvalue weighted by atomic mass is 16.3. The van der Waals surface area contributed by atoms with Gasteiger partial charge in [-0.15, -0.1) is 0 Å². The largest absolute Gasteiger partial charge is 0.460 e. The number of quaternary nitrogens is 1. The van der Waals surface area contributed by atoms with Crippen LogP contribution in [-0.2, 0) is 11.3 Å². The number of carbonyl (C=O) groups is 1. The van der Waals surface area contributed by atoms with E-state index in [9.17, 15) is 4.79 Å². The maximum atomic E-state index is 12.1. The van der Waals surface area contributed by atoms with Gasteiger partial charge in [0, 0.05) is 6.04 Å². The van der Waals surface area contributed by atoms with Crippen LogP contribution in [0, 0.1) is 12.8 Å². The van der Waals surface area contributed by atoms with Crippen LogP contribution in [0.4, 0.5) is 0 Å². The SMILES string of the molecule is Cc1ccc(C[NH+](C)CC(=O)N[C@@H]2CCCC[C@@H]2C)o1. The van der Waals surface area contributed by atoms with Crippen LogP contribution in [0.5, 0.6) is 0 Å². The first kappa shape index (κ1) is 15.1. The normalized spacial score (nSPS) is 24.4. The Kier molecular flexibility index (Phi) is 5.24. The molecule has 2 rings (SSSR count). The van der Waals surface area contributed by atoms with E-state index in [1.807, 2.05) is 26.1 Å². The zero-order valence-electron chi connectivity index (χ0n) is 12.9. The first-order valence-corrected chi connectivity index (χ1v) is 7.70. The van der Waals surface area contributed by atoms with Gasteiger partial charge in [-0.3, -0.25) is 4.79 Å². The fourth-order valence-electron chi connectivity index (χ4n) is 3.00. The maximum absolute atomic E-state index is 12.1. The van der Waals surface area contributed by atoms with Crippen LogP contribution in [0.25, 0.3) is 0 Å². The number of nitrogens with one attached hydrogen (secondary N) is 2. The minimum atomic E-state index is 0.157. The minimum absolute atomic E-state index is 0.157. The van der Waals surface area contributed by atoms with Crippen molar-refractivity contribution in [2.24, 2.45) is 5.92 Å². The summed E-state index contributed by atoms with van der Waals surface area (Å²) in [7, 11) is 2.03. The number of hydrogen-bond acceptors (Lipinski definition) is 2. The second-order valence-corrected chi connectivity index (χ2v) is 6.26. The number of hydrogen-bond donors (Lipinski definition) is 2. The lowest BCUT2D eigenvalue weighted by molar-refractivity contribution is -0.886. The van der Waals surface area contributed by atoms with Crippen LogP contribution in [0.15, 0.2) is 16.5 Å². The zero-order valence-corrected chi connectivity index (χ0v) is 12.9. The molecule has 1 aromatic rings. The second kappa shape index (κ2) is 6.93. The molecule has 1 amide bonds. The van der Waals surface area contributed by atoms with E-state index in [1.54, 1.807) is 0 Å². The number of furan rings is 1. The van der Waals surface area contributed by atoms with E-state index in [4.69, 9.17) is 4.42 Å². The summed E-state index contributed by atoms with van der Waals surface area (Å²) in [5.74, 6) is 2.64. The monoisotopic (exact) mass is 279 g/mol. The van der Waals surface area contributed by atoms with Gasteiger partial charge in [0.2, 0.25) is 0 Å². The van der Waals surface area contributed by atoms with Gasteiger partial charge in [0.1, 0.15) is 12.3 Å². The molecule has 3 atom stereocenters. The lowest BCUT2D eigenvalue weighted by Crippen LogP contribution is -3.09. The van der Waals surface area contributed by atoms with Gasteiger partial charge in [0.15, 0.2) is 12.3 Å². The van der Waals surface area contributed by atoms with Crippen molar-refractivity contribution in [1.29, 1.82) is 0 Å². The van der Waals surface area contributed by atoms with E-state index in [1.165, 1.54) is 19.3 Å². The van der Waals surface area contributed by atoms with Crippen LogP contribution < -0.4 is 10.2 Å². The molecule has 112 valence electrons. The van der Waals surface area contributed by atoms with Crippen molar-refractivity contribution in [1.82, 2.24) is 5.32 Å². The Labute approximate surface area is 121 Å². The van der Waals surface area contributed by atoms with Crippen molar-refractivity contribution < 1.29 is 14.1 Å². The Balaban J connectivity index is 1.75. The van der Waals surface area contributed by atoms with Crippen LogP contribution in [0.3, 0.4) is 0 Å². The van der Waals surface area contributed by atoms with E-state index in [2.05, 4.69) is 12.2 Å². The average Bonchev–Trinajstić information content (AvgIpc) is 2.77. The molecule has 0 aliphatic heterocycles. The minimum Gasteiger partial charge on any atom is -0.460 e. The molecule has 1 fully saturated rings. The standard InChI is InChI=1S/C16H26N2O2/c1-12-6-4-5-7-15(12)17-16(19)11-18(3)10-14-9-8-13(2)20-14/h8-9,12,15H,4-7,10-11H2,1-3H3,(H,17,19)/p+1/t12-,15+/m0/s1. The zero-order chi connectivity index (χ0) is 14.5. The van der Waals surface area contributed by atoms with Gasteiger partial charge in [-0.25, -0.2) is 0 Å². The molecule has 2 N–H and O–H groups in total. The highest BCUT2D eigenvalue weighted by Crippen LogP contribution is 2.23. The molecule has 0 radical (unpaired) electrons. The van der Waals surface area contributed by atoms with E-state index >= 15 is 0 Å². The topological polar surface area (TPSA) is 46.7 Å². The third-order valence-electron chi connectivity index (χ3n) is 4.19. The quantitative estimate of drug-likeness (QED) is 0.853. The van der Waals surface area contributed by atoms with Crippen molar-refractivity contribution in [2.75, 3.05) is 13.6 Å². The molecule has 0 spiro atoms. The van der Waals surface area contributed by atoms with Crippen LogP contribution in [0.1, 0.15) is 44.1 Å². The van der Waals surface area contributed by atoms with E-state index in [0.717, 1.165) is 29.4 Å². The third kappa shape index (κ3) is 4.37. The molecule has 1 saturated carbocycles. The maximum Gasteiger partial charge on any atom is 0.275 e. The molecule has 4 heteroatoms. The Bertz CT molecular complexity index is 441. The summed E-state index contributed by atoms with van der Waals surface area (Å²) in [6.07, 6.45) is 4.91. The Morgan fingerprint density at radius 3 is 2.80 bits per heavy atom. The molecule has 0 bridgehead atoms. The summed E-state index contributed by atoms with van der Waals surface area (Å²) in [5.41, 5.74) is 0. The molecule has 20 heavy (non-hydrogen) atoms. The molecular weight excluding hydrogens is 252 g/mol. The number of rotatable bonds is 5. The first-order valence-electron chi connectivity index (χ1n) is 7.70. The molecule has 4 nitrogen and oxygen atoms in total. The highest BCUT2D eigenvalue weighted by Gasteiger charge is 2.23. The fraction of sp³-hybridized carbons (Fsp3) is 0.688. The van der Waals surface area contributed by atoms with Gasteiger partial charge in [-0.1, -0.05) is 19.8 Å². The van der Waals surface area contributed by atoms with Gasteiger partial charge >= 0.3 is 0 Å². The molecule has 1 aliphatic rings. The summed E-state index contributed by atoms with van der Waals surface area (Å²) in [4.78, 5) is 13.3. The lowest BCUT2D eigenvalue weighted by atomic mass is 9.86. The molecule has 1 heterocycles. The van der Waals surface area contributed by atoms with Crippen molar-refractivity contribution in [2.45, 2.75) is 52.1 Å². The first-order chi connectivity index (χ1) is 9.54. The Morgan fingerprint density at radius 1 is 1.40 bits per heavy atom.